The molecule has 106 valence electrons. The Morgan fingerprint density at radius 2 is 2.30 bits per heavy atom. The summed E-state index contributed by atoms with van der Waals surface area (Å²) in [5, 5.41) is 9.97. The van der Waals surface area contributed by atoms with Gasteiger partial charge in [0.25, 0.3) is 5.91 Å². The first-order valence-corrected chi connectivity index (χ1v) is 7.04. The van der Waals surface area contributed by atoms with Gasteiger partial charge in [-0.15, -0.1) is 0 Å². The maximum Gasteiger partial charge on any atom is 0.295 e. The smallest absolute Gasteiger partial charge is 0.295 e. The summed E-state index contributed by atoms with van der Waals surface area (Å²) in [5.41, 5.74) is 0. The van der Waals surface area contributed by atoms with Gasteiger partial charge in [-0.1, -0.05) is 5.92 Å². The third-order valence-corrected chi connectivity index (χ3v) is 3.60. The quantitative estimate of drug-likeness (QED) is 0.804. The third-order valence-electron chi connectivity index (χ3n) is 3.60. The predicted octanol–water partition coefficient (Wildman–Crippen LogP) is 1.04. The molecule has 0 spiro atoms. The number of nitrogens with one attached hydrogen (secondary N) is 2. The Morgan fingerprint density at radius 3 is 3.05 bits per heavy atom. The van der Waals surface area contributed by atoms with Crippen molar-refractivity contribution >= 4 is 5.91 Å². The normalized spacial score (nSPS) is 25.1. The maximum atomic E-state index is 11.3. The lowest BCUT2D eigenvalue weighted by Crippen LogP contribution is -2.30. The topological polar surface area (TPSA) is 79.9 Å². The molecular weight excluding hydrogens is 256 g/mol. The molecule has 0 aromatic carbocycles. The van der Waals surface area contributed by atoms with Gasteiger partial charge in [-0.25, -0.2) is 4.98 Å². The number of ether oxygens (including phenoxy) is 1. The number of hydrogen-bond acceptors (Lipinski definition) is 4. The standard InChI is InChI=1S/C14H18N4O2/c1-2-3-12(19)15-8-10-6-7-11(20-10)14-16-13(17-18-14)9-4-5-9/h9-11H,4-8H2,1H3,(H,15,19)(H,16,17,18)/t10-,11+/m1/s1. The van der Waals surface area contributed by atoms with E-state index in [9.17, 15) is 4.79 Å². The van der Waals surface area contributed by atoms with Gasteiger partial charge in [0.2, 0.25) is 0 Å². The summed E-state index contributed by atoms with van der Waals surface area (Å²) >= 11 is 0. The Labute approximate surface area is 117 Å². The molecule has 1 saturated heterocycles. The third kappa shape index (κ3) is 2.99. The molecule has 1 amide bonds. The number of carbonyl (C=O) groups is 1. The molecular formula is C14H18N4O2. The second kappa shape index (κ2) is 5.63. The number of aromatic nitrogens is 3. The molecule has 0 bridgehead atoms. The highest BCUT2D eigenvalue weighted by atomic mass is 16.5. The summed E-state index contributed by atoms with van der Waals surface area (Å²) in [6.45, 7) is 2.14. The van der Waals surface area contributed by atoms with Crippen LogP contribution in [-0.4, -0.2) is 33.7 Å². The van der Waals surface area contributed by atoms with Gasteiger partial charge in [0, 0.05) is 12.5 Å². The maximum absolute atomic E-state index is 11.3. The molecule has 1 aromatic rings. The van der Waals surface area contributed by atoms with Gasteiger partial charge in [0.05, 0.1) is 6.10 Å². The summed E-state index contributed by atoms with van der Waals surface area (Å²) < 4.78 is 5.89. The molecule has 2 heterocycles. The molecule has 0 radical (unpaired) electrons. The Kier molecular flexibility index (Phi) is 3.70. The lowest BCUT2D eigenvalue weighted by Gasteiger charge is -2.11. The number of H-pyrrole nitrogens is 1. The lowest BCUT2D eigenvalue weighted by atomic mass is 10.2. The molecule has 0 unspecified atom stereocenters. The van der Waals surface area contributed by atoms with Gasteiger partial charge in [-0.05, 0) is 38.5 Å². The molecule has 1 aliphatic heterocycles. The molecule has 2 atom stereocenters. The van der Waals surface area contributed by atoms with Crippen molar-refractivity contribution in [2.45, 2.75) is 50.7 Å². The van der Waals surface area contributed by atoms with Crippen LogP contribution >= 0.6 is 0 Å². The Hall–Kier alpha value is -1.87. The van der Waals surface area contributed by atoms with Crippen molar-refractivity contribution in [2.75, 3.05) is 6.54 Å². The van der Waals surface area contributed by atoms with Gasteiger partial charge in [0.15, 0.2) is 11.6 Å². The first-order chi connectivity index (χ1) is 9.76. The van der Waals surface area contributed by atoms with Gasteiger partial charge in [-0.2, -0.15) is 5.10 Å². The van der Waals surface area contributed by atoms with Crippen LogP contribution in [0.5, 0.6) is 0 Å². The number of aromatic amines is 1. The Balaban J connectivity index is 1.50. The van der Waals surface area contributed by atoms with Crippen molar-refractivity contribution < 1.29 is 9.53 Å². The van der Waals surface area contributed by atoms with Crippen LogP contribution in [-0.2, 0) is 9.53 Å². The van der Waals surface area contributed by atoms with Gasteiger partial charge in [0.1, 0.15) is 6.10 Å². The SMILES string of the molecule is CC#CC(=O)NC[C@H]1CC[C@@H](c2nc(C3CC3)n[nH]2)O1. The highest BCUT2D eigenvalue weighted by molar-refractivity contribution is 5.93. The highest BCUT2D eigenvalue weighted by Crippen LogP contribution is 2.39. The van der Waals surface area contributed by atoms with Gasteiger partial charge in [-0.3, -0.25) is 9.89 Å². The minimum atomic E-state index is -0.254. The number of rotatable bonds is 4. The van der Waals surface area contributed by atoms with Crippen molar-refractivity contribution in [1.29, 1.82) is 0 Å². The zero-order chi connectivity index (χ0) is 13.9. The molecule has 20 heavy (non-hydrogen) atoms. The summed E-state index contributed by atoms with van der Waals surface area (Å²) in [5.74, 6) is 7.04. The molecule has 2 aliphatic rings. The number of carbonyl (C=O) groups excluding carboxylic acids is 1. The second-order valence-electron chi connectivity index (χ2n) is 5.26. The van der Waals surface area contributed by atoms with Crippen LogP contribution in [0.2, 0.25) is 0 Å². The van der Waals surface area contributed by atoms with Crippen molar-refractivity contribution in [2.24, 2.45) is 0 Å². The highest BCUT2D eigenvalue weighted by Gasteiger charge is 2.32. The largest absolute Gasteiger partial charge is 0.365 e. The van der Waals surface area contributed by atoms with Crippen molar-refractivity contribution in [3.05, 3.63) is 11.6 Å². The first kappa shape index (κ1) is 13.1. The molecule has 2 N–H and O–H groups in total. The number of nitrogens with zero attached hydrogens (tertiary/aromatic N) is 2. The Bertz CT molecular complexity index is 553. The van der Waals surface area contributed by atoms with Crippen LogP contribution in [0, 0.1) is 11.8 Å². The molecule has 1 saturated carbocycles. The van der Waals surface area contributed by atoms with E-state index >= 15 is 0 Å². The van der Waals surface area contributed by atoms with Crippen LogP contribution in [0.3, 0.4) is 0 Å². The van der Waals surface area contributed by atoms with E-state index < -0.39 is 0 Å². The molecule has 1 aliphatic carbocycles. The summed E-state index contributed by atoms with van der Waals surface area (Å²) in [7, 11) is 0. The molecule has 2 fully saturated rings. The van der Waals surface area contributed by atoms with Crippen LogP contribution in [0.4, 0.5) is 0 Å². The summed E-state index contributed by atoms with van der Waals surface area (Å²) in [6.07, 6.45) is 4.18. The zero-order valence-corrected chi connectivity index (χ0v) is 11.5. The number of amides is 1. The van der Waals surface area contributed by atoms with Crippen LogP contribution in [0.1, 0.15) is 56.3 Å². The summed E-state index contributed by atoms with van der Waals surface area (Å²) in [6, 6.07) is 0. The van der Waals surface area contributed by atoms with E-state index in [-0.39, 0.29) is 18.1 Å². The van der Waals surface area contributed by atoms with Crippen LogP contribution in [0.25, 0.3) is 0 Å². The number of hydrogen-bond donors (Lipinski definition) is 2. The van der Waals surface area contributed by atoms with E-state index in [1.165, 1.54) is 12.8 Å². The fourth-order valence-corrected chi connectivity index (χ4v) is 2.38. The van der Waals surface area contributed by atoms with Crippen molar-refractivity contribution in [3.8, 4) is 11.8 Å². The van der Waals surface area contributed by atoms with E-state index in [1.54, 1.807) is 6.92 Å². The van der Waals surface area contributed by atoms with Crippen molar-refractivity contribution in [3.63, 3.8) is 0 Å². The average molecular weight is 274 g/mol. The first-order valence-electron chi connectivity index (χ1n) is 7.04. The molecule has 6 heteroatoms. The lowest BCUT2D eigenvalue weighted by molar-refractivity contribution is -0.116. The minimum Gasteiger partial charge on any atom is -0.365 e. The zero-order valence-electron chi connectivity index (χ0n) is 11.5. The monoisotopic (exact) mass is 274 g/mol. The van der Waals surface area contributed by atoms with E-state index in [2.05, 4.69) is 32.3 Å². The molecule has 1 aromatic heterocycles. The van der Waals surface area contributed by atoms with Gasteiger partial charge < -0.3 is 10.1 Å². The van der Waals surface area contributed by atoms with Crippen LogP contribution < -0.4 is 5.32 Å². The predicted molar refractivity (Wildman–Crippen MR) is 71.7 cm³/mol. The van der Waals surface area contributed by atoms with Gasteiger partial charge >= 0.3 is 0 Å². The van der Waals surface area contributed by atoms with Crippen molar-refractivity contribution in [1.82, 2.24) is 20.5 Å². The Morgan fingerprint density at radius 1 is 1.45 bits per heavy atom. The second-order valence-corrected chi connectivity index (χ2v) is 5.26. The van der Waals surface area contributed by atoms with E-state index in [4.69, 9.17) is 4.74 Å². The summed E-state index contributed by atoms with van der Waals surface area (Å²) in [4.78, 5) is 15.8. The molecule has 6 nitrogen and oxygen atoms in total. The van der Waals surface area contributed by atoms with E-state index in [1.807, 2.05) is 0 Å². The van der Waals surface area contributed by atoms with Crippen LogP contribution in [0.15, 0.2) is 0 Å². The van der Waals surface area contributed by atoms with E-state index in [0.29, 0.717) is 12.5 Å². The van der Waals surface area contributed by atoms with E-state index in [0.717, 1.165) is 24.5 Å². The minimum absolute atomic E-state index is 0.0251. The fourth-order valence-electron chi connectivity index (χ4n) is 2.38. The molecule has 3 rings (SSSR count). The fraction of sp³-hybridized carbons (Fsp3) is 0.643. The average Bonchev–Trinajstić information content (AvgIpc) is 3.00.